The molecule has 4 heteroatoms. The summed E-state index contributed by atoms with van der Waals surface area (Å²) in [4.78, 5) is 2.43. The molecule has 0 saturated carbocycles. The lowest BCUT2D eigenvalue weighted by Gasteiger charge is -2.15. The van der Waals surface area contributed by atoms with Gasteiger partial charge in [-0.2, -0.15) is 0 Å². The van der Waals surface area contributed by atoms with E-state index in [1.165, 1.54) is 116 Å². The van der Waals surface area contributed by atoms with Crippen molar-refractivity contribution >= 4 is 0 Å². The summed E-state index contributed by atoms with van der Waals surface area (Å²) in [5.74, 6) is 8.00. The summed E-state index contributed by atoms with van der Waals surface area (Å²) in [5.41, 5.74) is 5.54. The molecule has 0 bridgehead atoms. The Morgan fingerprint density at radius 3 is 1.11 bits per heavy atom. The third-order valence-corrected chi connectivity index (χ3v) is 5.39. The van der Waals surface area contributed by atoms with E-state index in [9.17, 15) is 0 Å². The second-order valence-corrected chi connectivity index (χ2v) is 8.10. The zero-order chi connectivity index (χ0) is 20.4. The highest BCUT2D eigenvalue weighted by atomic mass is 15.1. The van der Waals surface area contributed by atoms with Crippen molar-refractivity contribution < 1.29 is 0 Å². The molecule has 0 atom stereocenters. The molecule has 0 saturated heterocycles. The fourth-order valence-corrected chi connectivity index (χ4v) is 3.58. The third-order valence-electron chi connectivity index (χ3n) is 5.39. The number of unbranched alkanes of at least 4 members (excludes halogenated alkanes) is 16. The second kappa shape index (κ2) is 28.1. The Bertz CT molecular complexity index is 236. The van der Waals surface area contributed by atoms with Crippen LogP contribution in [0.4, 0.5) is 0 Å². The second-order valence-electron chi connectivity index (χ2n) is 8.10. The minimum absolute atomic E-state index is 0.823. The number of nitrogens with two attached hydrogens (primary N) is 3. The van der Waals surface area contributed by atoms with E-state index >= 15 is 0 Å². The highest BCUT2D eigenvalue weighted by Gasteiger charge is 1.98. The van der Waals surface area contributed by atoms with Gasteiger partial charge in [0.2, 0.25) is 0 Å². The fourth-order valence-electron chi connectivity index (χ4n) is 3.58. The van der Waals surface area contributed by atoms with Gasteiger partial charge in [0.15, 0.2) is 0 Å². The summed E-state index contributed by atoms with van der Waals surface area (Å²) in [7, 11) is 2.22. The molecule has 27 heavy (non-hydrogen) atoms. The first-order chi connectivity index (χ1) is 13.3. The fraction of sp³-hybridized carbons (Fsp3) is 1.00. The van der Waals surface area contributed by atoms with Gasteiger partial charge in [0, 0.05) is 0 Å². The van der Waals surface area contributed by atoms with Crippen LogP contribution in [0.3, 0.4) is 0 Å². The lowest BCUT2D eigenvalue weighted by Crippen LogP contribution is -2.22. The monoisotopic (exact) mass is 386 g/mol. The van der Waals surface area contributed by atoms with Crippen LogP contribution in [0.15, 0.2) is 0 Å². The standard InChI is InChI=1S/C23H50N2.H4N2/c1-3-4-5-6-7-8-9-10-11-12-13-14-15-16-17-18-19-22-25(2)23-20-21-24;1-2/h3-24H2,1-2H3;1-2H2. The summed E-state index contributed by atoms with van der Waals surface area (Å²) < 4.78 is 0. The topological polar surface area (TPSA) is 81.3 Å². The molecular formula is C23H54N4. The largest absolute Gasteiger partial charge is 0.330 e. The summed E-state index contributed by atoms with van der Waals surface area (Å²) in [6.45, 7) is 5.53. The van der Waals surface area contributed by atoms with Crippen LogP contribution in [-0.4, -0.2) is 31.6 Å². The molecular weight excluding hydrogens is 332 g/mol. The molecule has 0 fully saturated rings. The molecule has 6 N–H and O–H groups in total. The normalized spacial score (nSPS) is 10.9. The molecule has 0 spiro atoms. The van der Waals surface area contributed by atoms with Crippen molar-refractivity contribution in [1.29, 1.82) is 0 Å². The molecule has 0 aromatic heterocycles. The molecule has 0 rings (SSSR count). The molecule has 0 heterocycles. The van der Waals surface area contributed by atoms with Crippen LogP contribution < -0.4 is 17.4 Å². The van der Waals surface area contributed by atoms with Gasteiger partial charge in [-0.1, -0.05) is 110 Å². The Hall–Kier alpha value is -0.160. The average Bonchev–Trinajstić information content (AvgIpc) is 2.70. The molecule has 0 amide bonds. The van der Waals surface area contributed by atoms with Crippen LogP contribution in [0, 0.1) is 0 Å². The van der Waals surface area contributed by atoms with E-state index in [4.69, 9.17) is 5.73 Å². The van der Waals surface area contributed by atoms with Crippen LogP contribution in [0.25, 0.3) is 0 Å². The quantitative estimate of drug-likeness (QED) is 0.133. The van der Waals surface area contributed by atoms with E-state index in [-0.39, 0.29) is 0 Å². The van der Waals surface area contributed by atoms with Crippen molar-refractivity contribution in [3.8, 4) is 0 Å². The average molecular weight is 387 g/mol. The third kappa shape index (κ3) is 28.2. The van der Waals surface area contributed by atoms with E-state index in [1.54, 1.807) is 0 Å². The van der Waals surface area contributed by atoms with Gasteiger partial charge in [-0.25, -0.2) is 0 Å². The number of hydrazine groups is 1. The van der Waals surface area contributed by atoms with Gasteiger partial charge in [-0.05, 0) is 39.5 Å². The van der Waals surface area contributed by atoms with Crippen molar-refractivity contribution in [3.05, 3.63) is 0 Å². The van der Waals surface area contributed by atoms with Gasteiger partial charge in [-0.15, -0.1) is 0 Å². The summed E-state index contributed by atoms with van der Waals surface area (Å²) in [6.07, 6.45) is 25.8. The van der Waals surface area contributed by atoms with Crippen LogP contribution >= 0.6 is 0 Å². The molecule has 166 valence electrons. The summed E-state index contributed by atoms with van der Waals surface area (Å²) in [6, 6.07) is 0. The summed E-state index contributed by atoms with van der Waals surface area (Å²) >= 11 is 0. The van der Waals surface area contributed by atoms with E-state index in [0.29, 0.717) is 0 Å². The van der Waals surface area contributed by atoms with Gasteiger partial charge in [0.25, 0.3) is 0 Å². The van der Waals surface area contributed by atoms with E-state index in [2.05, 4.69) is 30.6 Å². The molecule has 0 aliphatic rings. The van der Waals surface area contributed by atoms with Crippen LogP contribution in [0.1, 0.15) is 122 Å². The molecule has 4 nitrogen and oxygen atoms in total. The number of hydrogen-bond acceptors (Lipinski definition) is 4. The molecule has 0 aliphatic heterocycles. The lowest BCUT2D eigenvalue weighted by atomic mass is 10.0. The van der Waals surface area contributed by atoms with Crippen LogP contribution in [0.5, 0.6) is 0 Å². The molecule has 0 aromatic carbocycles. The highest BCUT2D eigenvalue weighted by Crippen LogP contribution is 2.14. The Labute approximate surface area is 172 Å². The van der Waals surface area contributed by atoms with E-state index < -0.39 is 0 Å². The predicted octanol–water partition coefficient (Wildman–Crippen LogP) is 5.74. The predicted molar refractivity (Wildman–Crippen MR) is 124 cm³/mol. The van der Waals surface area contributed by atoms with Crippen molar-refractivity contribution in [1.82, 2.24) is 4.90 Å². The summed E-state index contributed by atoms with van der Waals surface area (Å²) in [5, 5.41) is 0. The SMILES string of the molecule is CCCCCCCCCCCCCCCCCCCN(C)CCCN.NN. The molecule has 0 aliphatic carbocycles. The minimum atomic E-state index is 0.823. The Kier molecular flexibility index (Phi) is 30.2. The van der Waals surface area contributed by atoms with Gasteiger partial charge >= 0.3 is 0 Å². The van der Waals surface area contributed by atoms with Crippen molar-refractivity contribution in [3.63, 3.8) is 0 Å². The number of nitrogens with zero attached hydrogens (tertiary/aromatic N) is 1. The van der Waals surface area contributed by atoms with Gasteiger partial charge < -0.3 is 10.6 Å². The lowest BCUT2D eigenvalue weighted by molar-refractivity contribution is 0.321. The van der Waals surface area contributed by atoms with Crippen LogP contribution in [0.2, 0.25) is 0 Å². The first-order valence-electron chi connectivity index (χ1n) is 12.0. The van der Waals surface area contributed by atoms with Gasteiger partial charge in [-0.3, -0.25) is 11.7 Å². The Balaban J connectivity index is 0. The first kappa shape index (κ1) is 29.0. The Morgan fingerprint density at radius 1 is 0.481 bits per heavy atom. The minimum Gasteiger partial charge on any atom is -0.330 e. The zero-order valence-corrected chi connectivity index (χ0v) is 19.0. The molecule has 0 aromatic rings. The van der Waals surface area contributed by atoms with Crippen molar-refractivity contribution in [2.24, 2.45) is 17.4 Å². The van der Waals surface area contributed by atoms with E-state index in [0.717, 1.165) is 19.5 Å². The smallest absolute Gasteiger partial charge is 0.000977 e. The molecule has 0 radical (unpaired) electrons. The molecule has 0 unspecified atom stereocenters. The van der Waals surface area contributed by atoms with Crippen LogP contribution in [-0.2, 0) is 0 Å². The maximum Gasteiger partial charge on any atom is -0.000977 e. The number of hydrogen-bond donors (Lipinski definition) is 3. The Morgan fingerprint density at radius 2 is 0.778 bits per heavy atom. The van der Waals surface area contributed by atoms with Crippen molar-refractivity contribution in [2.75, 3.05) is 26.7 Å². The van der Waals surface area contributed by atoms with Crippen molar-refractivity contribution in [2.45, 2.75) is 122 Å². The first-order valence-corrected chi connectivity index (χ1v) is 12.0. The van der Waals surface area contributed by atoms with Gasteiger partial charge in [0.05, 0.1) is 0 Å². The van der Waals surface area contributed by atoms with Gasteiger partial charge in [0.1, 0.15) is 0 Å². The zero-order valence-electron chi connectivity index (χ0n) is 19.0. The maximum absolute atomic E-state index is 5.54. The maximum atomic E-state index is 5.54. The number of rotatable bonds is 21. The highest BCUT2D eigenvalue weighted by molar-refractivity contribution is 4.54. The van der Waals surface area contributed by atoms with E-state index in [1.807, 2.05) is 0 Å².